The van der Waals surface area contributed by atoms with E-state index in [9.17, 15) is 19.3 Å². The van der Waals surface area contributed by atoms with Crippen LogP contribution in [0.25, 0.3) is 0 Å². The van der Waals surface area contributed by atoms with Crippen molar-refractivity contribution in [3.63, 3.8) is 0 Å². The van der Waals surface area contributed by atoms with Crippen LogP contribution in [-0.4, -0.2) is 24.4 Å². The van der Waals surface area contributed by atoms with Crippen molar-refractivity contribution in [1.82, 2.24) is 0 Å². The molecule has 5 nitrogen and oxygen atoms in total. The lowest BCUT2D eigenvalue weighted by Gasteiger charge is -2.02. The molecule has 0 spiro atoms. The average molecular weight is 227 g/mol. The van der Waals surface area contributed by atoms with E-state index < -0.39 is 10.7 Å². The van der Waals surface area contributed by atoms with Crippen LogP contribution < -0.4 is 0 Å². The summed E-state index contributed by atoms with van der Waals surface area (Å²) in [5.74, 6) is -0.943. The highest BCUT2D eigenvalue weighted by Crippen LogP contribution is 2.20. The number of ketones is 1. The molecular weight excluding hydrogens is 217 g/mol. The Labute approximate surface area is 91.0 Å². The second-order valence-electron chi connectivity index (χ2n) is 3.18. The fraction of sp³-hybridized carbons (Fsp3) is 0.300. The summed E-state index contributed by atoms with van der Waals surface area (Å²) in [5.41, 5.74) is -0.196. The minimum Gasteiger partial charge on any atom is -0.377 e. The van der Waals surface area contributed by atoms with Gasteiger partial charge in [-0.15, -0.1) is 0 Å². The fourth-order valence-electron chi connectivity index (χ4n) is 1.30. The van der Waals surface area contributed by atoms with Gasteiger partial charge in [-0.3, -0.25) is 14.9 Å². The van der Waals surface area contributed by atoms with Crippen molar-refractivity contribution < 1.29 is 18.8 Å². The second-order valence-corrected chi connectivity index (χ2v) is 3.18. The first-order valence-corrected chi connectivity index (χ1v) is 4.48. The highest BCUT2D eigenvalue weighted by molar-refractivity contribution is 5.83. The van der Waals surface area contributed by atoms with Gasteiger partial charge in [0.15, 0.2) is 5.78 Å². The number of carbonyl (C=O) groups excluding carboxylic acids is 1. The molecule has 0 saturated heterocycles. The van der Waals surface area contributed by atoms with Crippen molar-refractivity contribution in [1.29, 1.82) is 0 Å². The first kappa shape index (κ1) is 12.3. The summed E-state index contributed by atoms with van der Waals surface area (Å²) in [6.45, 7) is -0.145. The molecule has 0 heterocycles. The summed E-state index contributed by atoms with van der Waals surface area (Å²) in [7, 11) is 1.35. The SMILES string of the molecule is COCC(=O)Cc1cc(F)ccc1[N+](=O)[O-]. The predicted octanol–water partition coefficient (Wildman–Crippen LogP) is 1.49. The predicted molar refractivity (Wildman–Crippen MR) is 53.6 cm³/mol. The van der Waals surface area contributed by atoms with E-state index in [2.05, 4.69) is 4.74 Å². The Morgan fingerprint density at radius 2 is 2.25 bits per heavy atom. The van der Waals surface area contributed by atoms with Crippen LogP contribution in [0.2, 0.25) is 0 Å². The van der Waals surface area contributed by atoms with Gasteiger partial charge in [-0.25, -0.2) is 4.39 Å². The van der Waals surface area contributed by atoms with E-state index in [1.54, 1.807) is 0 Å². The van der Waals surface area contributed by atoms with Crippen LogP contribution >= 0.6 is 0 Å². The zero-order chi connectivity index (χ0) is 12.1. The lowest BCUT2D eigenvalue weighted by atomic mass is 10.1. The largest absolute Gasteiger partial charge is 0.377 e. The number of hydrogen-bond donors (Lipinski definition) is 0. The molecule has 0 bridgehead atoms. The van der Waals surface area contributed by atoms with Crippen LogP contribution in [0, 0.1) is 15.9 Å². The Bertz CT molecular complexity index is 419. The maximum atomic E-state index is 12.9. The number of nitro groups is 1. The van der Waals surface area contributed by atoms with Crippen molar-refractivity contribution in [3.05, 3.63) is 39.7 Å². The molecule has 0 atom stereocenters. The van der Waals surface area contributed by atoms with Crippen molar-refractivity contribution in [2.24, 2.45) is 0 Å². The minimum absolute atomic E-state index is 0.0621. The topological polar surface area (TPSA) is 69.4 Å². The molecular formula is C10H10FNO4. The fourth-order valence-corrected chi connectivity index (χ4v) is 1.30. The van der Waals surface area contributed by atoms with Gasteiger partial charge in [0, 0.05) is 25.2 Å². The number of carbonyl (C=O) groups is 1. The zero-order valence-electron chi connectivity index (χ0n) is 8.60. The highest BCUT2D eigenvalue weighted by atomic mass is 19.1. The van der Waals surface area contributed by atoms with Gasteiger partial charge >= 0.3 is 0 Å². The molecule has 0 fully saturated rings. The quantitative estimate of drug-likeness (QED) is 0.564. The van der Waals surface area contributed by atoms with Crippen LogP contribution in [-0.2, 0) is 16.0 Å². The molecule has 0 saturated carbocycles. The molecule has 1 aromatic rings. The van der Waals surface area contributed by atoms with Gasteiger partial charge in [-0.1, -0.05) is 0 Å². The third-order valence-corrected chi connectivity index (χ3v) is 1.93. The molecule has 0 unspecified atom stereocenters. The van der Waals surface area contributed by atoms with Crippen LogP contribution in [0.1, 0.15) is 5.56 Å². The smallest absolute Gasteiger partial charge is 0.273 e. The number of nitrogens with zero attached hydrogens (tertiary/aromatic N) is 1. The Balaban J connectivity index is 2.96. The number of nitro benzene ring substituents is 1. The summed E-state index contributed by atoms with van der Waals surface area (Å²) in [4.78, 5) is 21.2. The van der Waals surface area contributed by atoms with Gasteiger partial charge in [0.25, 0.3) is 5.69 Å². The number of rotatable bonds is 5. The summed E-state index contributed by atoms with van der Waals surface area (Å²) in [6.07, 6.45) is -0.206. The van der Waals surface area contributed by atoms with Crippen molar-refractivity contribution >= 4 is 11.5 Å². The molecule has 0 radical (unpaired) electrons. The Morgan fingerprint density at radius 3 is 2.81 bits per heavy atom. The standard InChI is InChI=1S/C10H10FNO4/c1-16-6-9(13)5-7-4-8(11)2-3-10(7)12(14)15/h2-4H,5-6H2,1H3. The number of halogens is 1. The Hall–Kier alpha value is -1.82. The molecule has 86 valence electrons. The van der Waals surface area contributed by atoms with E-state index in [1.165, 1.54) is 7.11 Å². The molecule has 0 amide bonds. The summed E-state index contributed by atoms with van der Waals surface area (Å²) < 4.78 is 17.5. The summed E-state index contributed by atoms with van der Waals surface area (Å²) in [6, 6.07) is 3.03. The van der Waals surface area contributed by atoms with Crippen LogP contribution in [0.15, 0.2) is 18.2 Å². The molecule has 0 aromatic heterocycles. The van der Waals surface area contributed by atoms with E-state index in [1.807, 2.05) is 0 Å². The van der Waals surface area contributed by atoms with E-state index in [-0.39, 0.29) is 30.1 Å². The van der Waals surface area contributed by atoms with Gasteiger partial charge in [0.05, 0.1) is 4.92 Å². The Morgan fingerprint density at radius 1 is 1.56 bits per heavy atom. The maximum absolute atomic E-state index is 12.9. The molecule has 1 aromatic carbocycles. The third kappa shape index (κ3) is 3.09. The second kappa shape index (κ2) is 5.32. The summed E-state index contributed by atoms with van der Waals surface area (Å²) in [5, 5.41) is 10.6. The monoisotopic (exact) mass is 227 g/mol. The van der Waals surface area contributed by atoms with E-state index >= 15 is 0 Å². The third-order valence-electron chi connectivity index (χ3n) is 1.93. The molecule has 16 heavy (non-hydrogen) atoms. The number of hydrogen-bond acceptors (Lipinski definition) is 4. The van der Waals surface area contributed by atoms with Gasteiger partial charge in [-0.2, -0.15) is 0 Å². The van der Waals surface area contributed by atoms with E-state index in [4.69, 9.17) is 0 Å². The minimum atomic E-state index is -0.644. The van der Waals surface area contributed by atoms with Crippen LogP contribution in [0.5, 0.6) is 0 Å². The Kier molecular flexibility index (Phi) is 4.07. The summed E-state index contributed by atoms with van der Waals surface area (Å²) >= 11 is 0. The molecule has 6 heteroatoms. The van der Waals surface area contributed by atoms with Gasteiger partial charge in [0.1, 0.15) is 12.4 Å². The van der Waals surface area contributed by atoms with Crippen molar-refractivity contribution in [3.8, 4) is 0 Å². The first-order chi connectivity index (χ1) is 7.54. The van der Waals surface area contributed by atoms with E-state index in [0.29, 0.717) is 0 Å². The van der Waals surface area contributed by atoms with Crippen LogP contribution in [0.4, 0.5) is 10.1 Å². The van der Waals surface area contributed by atoms with Gasteiger partial charge in [0.2, 0.25) is 0 Å². The van der Waals surface area contributed by atoms with E-state index in [0.717, 1.165) is 18.2 Å². The van der Waals surface area contributed by atoms with Crippen LogP contribution in [0.3, 0.4) is 0 Å². The number of ether oxygens (including phenoxy) is 1. The molecule has 0 N–H and O–H groups in total. The number of benzene rings is 1. The normalized spacial score (nSPS) is 10.1. The lowest BCUT2D eigenvalue weighted by molar-refractivity contribution is -0.385. The molecule has 0 aliphatic carbocycles. The average Bonchev–Trinajstić information content (AvgIpc) is 2.17. The molecule has 0 aliphatic heterocycles. The van der Waals surface area contributed by atoms with Crippen molar-refractivity contribution in [2.45, 2.75) is 6.42 Å². The first-order valence-electron chi connectivity index (χ1n) is 4.48. The highest BCUT2D eigenvalue weighted by Gasteiger charge is 2.16. The van der Waals surface area contributed by atoms with Gasteiger partial charge < -0.3 is 4.74 Å². The van der Waals surface area contributed by atoms with Crippen molar-refractivity contribution in [2.75, 3.05) is 13.7 Å². The molecule has 0 aliphatic rings. The lowest BCUT2D eigenvalue weighted by Crippen LogP contribution is -2.11. The molecule has 1 rings (SSSR count). The zero-order valence-corrected chi connectivity index (χ0v) is 8.60. The maximum Gasteiger partial charge on any atom is 0.273 e. The van der Waals surface area contributed by atoms with Gasteiger partial charge in [-0.05, 0) is 12.1 Å². The number of Topliss-reactive ketones (excluding diaryl/α,β-unsaturated/α-hetero) is 1. The number of methoxy groups -OCH3 is 1.